The SMILES string of the molecule is CC(S)C(=O)NC1CN(C)C1. The van der Waals surface area contributed by atoms with Crippen molar-refractivity contribution in [1.29, 1.82) is 0 Å². The lowest BCUT2D eigenvalue weighted by atomic mass is 10.1. The maximum absolute atomic E-state index is 11.0. The van der Waals surface area contributed by atoms with Crippen molar-refractivity contribution in [3.05, 3.63) is 0 Å². The number of thiol groups is 1. The fourth-order valence-corrected chi connectivity index (χ4v) is 1.19. The molecule has 1 aliphatic heterocycles. The van der Waals surface area contributed by atoms with Crippen LogP contribution in [0.4, 0.5) is 0 Å². The summed E-state index contributed by atoms with van der Waals surface area (Å²) in [5.74, 6) is 0.0337. The molecule has 1 heterocycles. The van der Waals surface area contributed by atoms with E-state index in [9.17, 15) is 4.79 Å². The van der Waals surface area contributed by atoms with Gasteiger partial charge in [-0.25, -0.2) is 0 Å². The Morgan fingerprint density at radius 2 is 2.27 bits per heavy atom. The lowest BCUT2D eigenvalue weighted by molar-refractivity contribution is -0.121. The first-order chi connectivity index (χ1) is 5.09. The van der Waals surface area contributed by atoms with Crippen LogP contribution in [-0.2, 0) is 4.79 Å². The molecule has 0 aliphatic carbocycles. The Bertz CT molecular complexity index is 155. The Morgan fingerprint density at radius 1 is 1.73 bits per heavy atom. The normalized spacial score (nSPS) is 22.5. The number of rotatable bonds is 2. The molecule has 0 saturated carbocycles. The summed E-state index contributed by atoms with van der Waals surface area (Å²) in [6.07, 6.45) is 0. The van der Waals surface area contributed by atoms with E-state index in [0.29, 0.717) is 6.04 Å². The van der Waals surface area contributed by atoms with E-state index in [2.05, 4.69) is 22.8 Å². The maximum Gasteiger partial charge on any atom is 0.232 e. The van der Waals surface area contributed by atoms with Crippen molar-refractivity contribution < 1.29 is 4.79 Å². The van der Waals surface area contributed by atoms with Gasteiger partial charge in [0.1, 0.15) is 0 Å². The summed E-state index contributed by atoms with van der Waals surface area (Å²) >= 11 is 4.03. The lowest BCUT2D eigenvalue weighted by Crippen LogP contribution is -2.58. The van der Waals surface area contributed by atoms with Crippen molar-refractivity contribution in [3.63, 3.8) is 0 Å². The first-order valence-corrected chi connectivity index (χ1v) is 4.28. The summed E-state index contributed by atoms with van der Waals surface area (Å²) in [6.45, 7) is 3.71. The van der Waals surface area contributed by atoms with Gasteiger partial charge >= 0.3 is 0 Å². The largest absolute Gasteiger partial charge is 0.350 e. The molecule has 0 bridgehead atoms. The van der Waals surface area contributed by atoms with E-state index < -0.39 is 0 Å². The van der Waals surface area contributed by atoms with Crippen LogP contribution in [0.3, 0.4) is 0 Å². The summed E-state index contributed by atoms with van der Waals surface area (Å²) < 4.78 is 0. The van der Waals surface area contributed by atoms with Crippen LogP contribution in [0.1, 0.15) is 6.92 Å². The van der Waals surface area contributed by atoms with Crippen LogP contribution < -0.4 is 5.32 Å². The molecule has 11 heavy (non-hydrogen) atoms. The zero-order chi connectivity index (χ0) is 8.43. The van der Waals surface area contributed by atoms with Gasteiger partial charge in [-0.15, -0.1) is 0 Å². The highest BCUT2D eigenvalue weighted by Crippen LogP contribution is 2.04. The first kappa shape index (κ1) is 8.87. The number of carbonyl (C=O) groups is 1. The van der Waals surface area contributed by atoms with Gasteiger partial charge in [0.05, 0.1) is 11.3 Å². The molecule has 1 N–H and O–H groups in total. The fraction of sp³-hybridized carbons (Fsp3) is 0.857. The summed E-state index contributed by atoms with van der Waals surface area (Å²) in [7, 11) is 2.03. The molecule has 64 valence electrons. The molecule has 1 amide bonds. The summed E-state index contributed by atoms with van der Waals surface area (Å²) in [5.41, 5.74) is 0. The molecule has 1 atom stereocenters. The molecule has 0 radical (unpaired) electrons. The molecule has 1 aliphatic rings. The lowest BCUT2D eigenvalue weighted by Gasteiger charge is -2.36. The van der Waals surface area contributed by atoms with Gasteiger partial charge in [-0.2, -0.15) is 12.6 Å². The van der Waals surface area contributed by atoms with Gasteiger partial charge in [0.15, 0.2) is 0 Å². The van der Waals surface area contributed by atoms with E-state index in [1.54, 1.807) is 6.92 Å². The quantitative estimate of drug-likeness (QED) is 0.565. The fourth-order valence-electron chi connectivity index (χ4n) is 1.11. The summed E-state index contributed by atoms with van der Waals surface area (Å²) in [5, 5.41) is 2.70. The van der Waals surface area contributed by atoms with Crippen LogP contribution in [0, 0.1) is 0 Å². The van der Waals surface area contributed by atoms with Gasteiger partial charge in [-0.3, -0.25) is 4.79 Å². The average Bonchev–Trinajstić information content (AvgIpc) is 1.84. The van der Waals surface area contributed by atoms with Gasteiger partial charge in [0.2, 0.25) is 5.91 Å². The Kier molecular flexibility index (Phi) is 2.78. The average molecular weight is 174 g/mol. The Labute approximate surface area is 72.5 Å². The highest BCUT2D eigenvalue weighted by Gasteiger charge is 2.25. The number of amides is 1. The van der Waals surface area contributed by atoms with Gasteiger partial charge in [-0.1, -0.05) is 0 Å². The minimum Gasteiger partial charge on any atom is -0.350 e. The second kappa shape index (κ2) is 3.45. The van der Waals surface area contributed by atoms with E-state index in [1.807, 2.05) is 7.05 Å². The van der Waals surface area contributed by atoms with E-state index in [1.165, 1.54) is 0 Å². The molecule has 0 aromatic rings. The molecule has 0 aromatic heterocycles. The van der Waals surface area contributed by atoms with Crippen LogP contribution in [0.25, 0.3) is 0 Å². The summed E-state index contributed by atoms with van der Waals surface area (Å²) in [6, 6.07) is 0.349. The smallest absolute Gasteiger partial charge is 0.232 e. The zero-order valence-corrected chi connectivity index (χ0v) is 7.77. The van der Waals surface area contributed by atoms with E-state index >= 15 is 0 Å². The van der Waals surface area contributed by atoms with E-state index in [4.69, 9.17) is 0 Å². The molecule has 1 saturated heterocycles. The predicted octanol–water partition coefficient (Wildman–Crippen LogP) is -0.265. The summed E-state index contributed by atoms with van der Waals surface area (Å²) in [4.78, 5) is 13.2. The highest BCUT2D eigenvalue weighted by atomic mass is 32.1. The molecular formula is C7H14N2OS. The van der Waals surface area contributed by atoms with Crippen molar-refractivity contribution in [2.24, 2.45) is 0 Å². The van der Waals surface area contributed by atoms with Crippen molar-refractivity contribution in [3.8, 4) is 0 Å². The van der Waals surface area contributed by atoms with Crippen LogP contribution in [-0.4, -0.2) is 42.2 Å². The molecule has 3 nitrogen and oxygen atoms in total. The van der Waals surface area contributed by atoms with Crippen molar-refractivity contribution in [2.75, 3.05) is 20.1 Å². The monoisotopic (exact) mass is 174 g/mol. The minimum absolute atomic E-state index is 0.0337. The minimum atomic E-state index is -0.194. The van der Waals surface area contributed by atoms with E-state index in [-0.39, 0.29) is 11.2 Å². The standard InChI is InChI=1S/C7H14N2OS/c1-5(11)7(10)8-6-3-9(2)4-6/h5-6,11H,3-4H2,1-2H3,(H,8,10). The number of carbonyl (C=O) groups excluding carboxylic acids is 1. The number of likely N-dealkylation sites (tertiary alicyclic amines) is 1. The molecule has 0 aromatic carbocycles. The third-order valence-corrected chi connectivity index (χ3v) is 2.02. The van der Waals surface area contributed by atoms with Crippen LogP contribution in [0.5, 0.6) is 0 Å². The maximum atomic E-state index is 11.0. The Hall–Kier alpha value is -0.220. The van der Waals surface area contributed by atoms with Crippen LogP contribution >= 0.6 is 12.6 Å². The van der Waals surface area contributed by atoms with Gasteiger partial charge in [0, 0.05) is 13.1 Å². The second-order valence-electron chi connectivity index (χ2n) is 3.10. The van der Waals surface area contributed by atoms with Crippen molar-refractivity contribution in [2.45, 2.75) is 18.2 Å². The molecular weight excluding hydrogens is 160 g/mol. The topological polar surface area (TPSA) is 32.3 Å². The molecule has 1 fully saturated rings. The van der Waals surface area contributed by atoms with Gasteiger partial charge in [0.25, 0.3) is 0 Å². The number of nitrogens with zero attached hydrogens (tertiary/aromatic N) is 1. The molecule has 0 spiro atoms. The Balaban J connectivity index is 2.17. The molecule has 4 heteroatoms. The zero-order valence-electron chi connectivity index (χ0n) is 6.87. The number of hydrogen-bond acceptors (Lipinski definition) is 3. The van der Waals surface area contributed by atoms with Crippen molar-refractivity contribution in [1.82, 2.24) is 10.2 Å². The number of likely N-dealkylation sites (N-methyl/N-ethyl adjacent to an activating group) is 1. The first-order valence-electron chi connectivity index (χ1n) is 3.76. The van der Waals surface area contributed by atoms with Crippen LogP contribution in [0.15, 0.2) is 0 Å². The predicted molar refractivity (Wildman–Crippen MR) is 47.9 cm³/mol. The Morgan fingerprint density at radius 3 is 2.64 bits per heavy atom. The second-order valence-corrected chi connectivity index (χ2v) is 3.88. The van der Waals surface area contributed by atoms with Crippen LogP contribution in [0.2, 0.25) is 0 Å². The van der Waals surface area contributed by atoms with Crippen molar-refractivity contribution >= 4 is 18.5 Å². The molecule has 1 rings (SSSR count). The number of hydrogen-bond donors (Lipinski definition) is 2. The highest BCUT2D eigenvalue weighted by molar-refractivity contribution is 7.81. The van der Waals surface area contributed by atoms with E-state index in [0.717, 1.165) is 13.1 Å². The number of nitrogens with one attached hydrogen (secondary N) is 1. The molecule has 1 unspecified atom stereocenters. The van der Waals surface area contributed by atoms with Gasteiger partial charge < -0.3 is 10.2 Å². The third kappa shape index (κ3) is 2.38. The third-order valence-electron chi connectivity index (χ3n) is 1.79. The van der Waals surface area contributed by atoms with Gasteiger partial charge in [-0.05, 0) is 14.0 Å².